The highest BCUT2D eigenvalue weighted by Gasteiger charge is 2.21. The summed E-state index contributed by atoms with van der Waals surface area (Å²) in [6.45, 7) is 3.07. The van der Waals surface area contributed by atoms with Crippen LogP contribution < -0.4 is 0 Å². The van der Waals surface area contributed by atoms with Gasteiger partial charge in [0.05, 0.1) is 13.2 Å². The molecule has 1 unspecified atom stereocenters. The van der Waals surface area contributed by atoms with Gasteiger partial charge in [0.15, 0.2) is 6.29 Å². The van der Waals surface area contributed by atoms with Gasteiger partial charge in [-0.25, -0.2) is 0 Å². The van der Waals surface area contributed by atoms with Gasteiger partial charge >= 0.3 is 0 Å². The Balaban J connectivity index is 1.63. The van der Waals surface area contributed by atoms with Gasteiger partial charge in [-0.3, -0.25) is 9.00 Å². The van der Waals surface area contributed by atoms with E-state index in [4.69, 9.17) is 9.47 Å². The van der Waals surface area contributed by atoms with E-state index in [1.807, 2.05) is 4.90 Å². The molecule has 2 aliphatic rings. The smallest absolute Gasteiger partial charge is 0.235 e. The molecular formula is C12H21NO4S. The average molecular weight is 275 g/mol. The first kappa shape index (κ1) is 14.0. The van der Waals surface area contributed by atoms with Crippen LogP contribution in [0.1, 0.15) is 25.7 Å². The van der Waals surface area contributed by atoms with Gasteiger partial charge in [0.25, 0.3) is 0 Å². The van der Waals surface area contributed by atoms with Crippen LogP contribution >= 0.6 is 0 Å². The van der Waals surface area contributed by atoms with Crippen LogP contribution in [0.4, 0.5) is 0 Å². The van der Waals surface area contributed by atoms with E-state index in [2.05, 4.69) is 0 Å². The Morgan fingerprint density at radius 1 is 1.17 bits per heavy atom. The average Bonchev–Trinajstić information content (AvgIpc) is 2.91. The van der Waals surface area contributed by atoms with Gasteiger partial charge in [0.1, 0.15) is 5.75 Å². The van der Waals surface area contributed by atoms with Crippen molar-refractivity contribution in [2.24, 2.45) is 0 Å². The molecule has 0 aliphatic carbocycles. The van der Waals surface area contributed by atoms with Gasteiger partial charge in [0.2, 0.25) is 5.91 Å². The Morgan fingerprint density at radius 3 is 2.50 bits per heavy atom. The lowest BCUT2D eigenvalue weighted by Gasteiger charge is -2.23. The maximum atomic E-state index is 11.8. The number of hydrogen-bond donors (Lipinski definition) is 0. The molecule has 18 heavy (non-hydrogen) atoms. The molecular weight excluding hydrogens is 254 g/mol. The van der Waals surface area contributed by atoms with Gasteiger partial charge in [0, 0.05) is 36.1 Å². The standard InChI is InChI=1S/C12H21NO4S/c14-11(13-5-1-2-6-13)10-18(15)9-4-12-16-7-3-8-17-12/h12H,1-10H2. The lowest BCUT2D eigenvalue weighted by atomic mass is 10.4. The van der Waals surface area contributed by atoms with Crippen molar-refractivity contribution in [3.63, 3.8) is 0 Å². The van der Waals surface area contributed by atoms with Gasteiger partial charge < -0.3 is 14.4 Å². The fraction of sp³-hybridized carbons (Fsp3) is 0.917. The molecule has 0 bridgehead atoms. The number of nitrogens with zero attached hydrogens (tertiary/aromatic N) is 1. The molecule has 104 valence electrons. The predicted octanol–water partition coefficient (Wildman–Crippen LogP) is 0.511. The zero-order valence-corrected chi connectivity index (χ0v) is 11.5. The maximum Gasteiger partial charge on any atom is 0.235 e. The normalized spacial score (nSPS) is 23.2. The predicted molar refractivity (Wildman–Crippen MR) is 68.6 cm³/mol. The molecule has 1 atom stereocenters. The monoisotopic (exact) mass is 275 g/mol. The number of hydrogen-bond acceptors (Lipinski definition) is 4. The minimum absolute atomic E-state index is 0.0244. The summed E-state index contributed by atoms with van der Waals surface area (Å²) in [6.07, 6.45) is 3.45. The Kier molecular flexibility index (Phi) is 5.59. The lowest BCUT2D eigenvalue weighted by molar-refractivity contribution is -0.178. The fourth-order valence-corrected chi connectivity index (χ4v) is 3.26. The van der Waals surface area contributed by atoms with E-state index < -0.39 is 10.8 Å². The number of carbonyl (C=O) groups is 1. The minimum Gasteiger partial charge on any atom is -0.353 e. The summed E-state index contributed by atoms with van der Waals surface area (Å²) in [5.41, 5.74) is 0. The molecule has 2 fully saturated rings. The highest BCUT2D eigenvalue weighted by molar-refractivity contribution is 7.85. The number of ether oxygens (including phenoxy) is 2. The van der Waals surface area contributed by atoms with Gasteiger partial charge in [-0.2, -0.15) is 0 Å². The quantitative estimate of drug-likeness (QED) is 0.733. The Labute approximate surface area is 110 Å². The van der Waals surface area contributed by atoms with Gasteiger partial charge in [-0.15, -0.1) is 0 Å². The van der Waals surface area contributed by atoms with Crippen LogP contribution in [-0.4, -0.2) is 59.1 Å². The topological polar surface area (TPSA) is 55.8 Å². The summed E-state index contributed by atoms with van der Waals surface area (Å²) < 4.78 is 22.6. The van der Waals surface area contributed by atoms with Crippen molar-refractivity contribution in [2.75, 3.05) is 37.8 Å². The minimum atomic E-state index is -1.10. The summed E-state index contributed by atoms with van der Waals surface area (Å²) in [5, 5.41) is 0. The van der Waals surface area contributed by atoms with Crippen LogP contribution in [0.15, 0.2) is 0 Å². The van der Waals surface area contributed by atoms with Crippen molar-refractivity contribution in [1.29, 1.82) is 0 Å². The Bertz CT molecular complexity index is 298. The molecule has 2 saturated heterocycles. The van der Waals surface area contributed by atoms with Crippen molar-refractivity contribution < 1.29 is 18.5 Å². The molecule has 0 saturated carbocycles. The highest BCUT2D eigenvalue weighted by atomic mass is 32.2. The fourth-order valence-electron chi connectivity index (χ4n) is 2.20. The molecule has 0 N–H and O–H groups in total. The summed E-state index contributed by atoms with van der Waals surface area (Å²) in [5.74, 6) is 0.646. The van der Waals surface area contributed by atoms with Crippen LogP contribution in [0, 0.1) is 0 Å². The second kappa shape index (κ2) is 7.21. The van der Waals surface area contributed by atoms with Gasteiger partial charge in [-0.05, 0) is 19.3 Å². The molecule has 6 heteroatoms. The number of rotatable bonds is 5. The summed E-state index contributed by atoms with van der Waals surface area (Å²) in [6, 6.07) is 0. The molecule has 0 aromatic heterocycles. The van der Waals surface area contributed by atoms with E-state index in [1.54, 1.807) is 0 Å². The molecule has 0 spiro atoms. The third-order valence-electron chi connectivity index (χ3n) is 3.22. The molecule has 0 aromatic carbocycles. The molecule has 2 aliphatic heterocycles. The van der Waals surface area contributed by atoms with E-state index in [0.717, 1.165) is 32.4 Å². The van der Waals surface area contributed by atoms with Crippen molar-refractivity contribution in [1.82, 2.24) is 4.90 Å². The van der Waals surface area contributed by atoms with Crippen LogP contribution in [0.25, 0.3) is 0 Å². The first-order chi connectivity index (χ1) is 8.75. The largest absolute Gasteiger partial charge is 0.353 e. The maximum absolute atomic E-state index is 11.8. The van der Waals surface area contributed by atoms with E-state index >= 15 is 0 Å². The van der Waals surface area contributed by atoms with Crippen LogP contribution in [0.5, 0.6) is 0 Å². The van der Waals surface area contributed by atoms with E-state index in [1.165, 1.54) is 0 Å². The second-order valence-corrected chi connectivity index (χ2v) is 6.27. The molecule has 0 aromatic rings. The summed E-state index contributed by atoms with van der Waals surface area (Å²) >= 11 is 0. The summed E-state index contributed by atoms with van der Waals surface area (Å²) in [7, 11) is -1.10. The van der Waals surface area contributed by atoms with Crippen molar-refractivity contribution in [3.8, 4) is 0 Å². The Morgan fingerprint density at radius 2 is 1.83 bits per heavy atom. The van der Waals surface area contributed by atoms with Crippen molar-refractivity contribution >= 4 is 16.7 Å². The van der Waals surface area contributed by atoms with E-state index in [0.29, 0.717) is 25.4 Å². The SMILES string of the molecule is O=C(CS(=O)CCC1OCCCO1)N1CCCC1. The van der Waals surface area contributed by atoms with Crippen LogP contribution in [-0.2, 0) is 25.1 Å². The lowest BCUT2D eigenvalue weighted by Crippen LogP contribution is -2.33. The van der Waals surface area contributed by atoms with E-state index in [9.17, 15) is 9.00 Å². The molecule has 0 radical (unpaired) electrons. The second-order valence-electron chi connectivity index (χ2n) is 4.69. The molecule has 5 nitrogen and oxygen atoms in total. The number of likely N-dealkylation sites (tertiary alicyclic amines) is 1. The van der Waals surface area contributed by atoms with Crippen molar-refractivity contribution in [2.45, 2.75) is 32.0 Å². The van der Waals surface area contributed by atoms with Crippen LogP contribution in [0.3, 0.4) is 0 Å². The van der Waals surface area contributed by atoms with Crippen LogP contribution in [0.2, 0.25) is 0 Å². The zero-order chi connectivity index (χ0) is 12.8. The number of carbonyl (C=O) groups excluding carboxylic acids is 1. The van der Waals surface area contributed by atoms with Crippen molar-refractivity contribution in [3.05, 3.63) is 0 Å². The third kappa shape index (κ3) is 4.33. The van der Waals surface area contributed by atoms with E-state index in [-0.39, 0.29) is 18.0 Å². The first-order valence-electron chi connectivity index (χ1n) is 6.61. The summed E-state index contributed by atoms with van der Waals surface area (Å²) in [4.78, 5) is 13.6. The number of amides is 1. The zero-order valence-electron chi connectivity index (χ0n) is 10.6. The molecule has 1 amide bonds. The highest BCUT2D eigenvalue weighted by Crippen LogP contribution is 2.10. The van der Waals surface area contributed by atoms with Gasteiger partial charge in [-0.1, -0.05) is 0 Å². The first-order valence-corrected chi connectivity index (χ1v) is 8.10. The Hall–Kier alpha value is -0.460. The molecule has 2 heterocycles. The molecule has 2 rings (SSSR count). The third-order valence-corrected chi connectivity index (χ3v) is 4.48.